The Balaban J connectivity index is 1.15. The largest absolute Gasteiger partial charge is 0.457 e. The minimum absolute atomic E-state index is 0.0449. The lowest BCUT2D eigenvalue weighted by Crippen LogP contribution is -2.43. The average Bonchev–Trinajstić information content (AvgIpc) is 3.25. The van der Waals surface area contributed by atoms with Gasteiger partial charge in [0.15, 0.2) is 0 Å². The van der Waals surface area contributed by atoms with Crippen LogP contribution >= 0.6 is 0 Å². The molecule has 4 heterocycles. The molecule has 258 valence electrons. The Morgan fingerprint density at radius 1 is 0.878 bits per heavy atom. The third kappa shape index (κ3) is 7.89. The SMILES string of the molecule is CC1CCC(Cc2cc3ccc(C4CCN(C5CCOCC5)CC4)nc3cc2Oc2ccc(-c3ccc(C(C)C)nn3)cc2)C(C)C(=O)C1. The van der Waals surface area contributed by atoms with Crippen LogP contribution in [-0.4, -0.2) is 58.2 Å². The van der Waals surface area contributed by atoms with Crippen LogP contribution in [0, 0.1) is 17.8 Å². The number of pyridine rings is 1. The molecule has 7 rings (SSSR count). The van der Waals surface area contributed by atoms with Crippen molar-refractivity contribution in [3.05, 3.63) is 77.6 Å². The second-order valence-electron chi connectivity index (χ2n) is 15.3. The fourth-order valence-corrected chi connectivity index (χ4v) is 8.14. The van der Waals surface area contributed by atoms with Crippen LogP contribution in [0.4, 0.5) is 0 Å². The molecule has 7 heteroatoms. The van der Waals surface area contributed by atoms with Crippen molar-refractivity contribution in [2.45, 2.75) is 96.9 Å². The fourth-order valence-electron chi connectivity index (χ4n) is 8.14. The van der Waals surface area contributed by atoms with E-state index in [1.54, 1.807) is 0 Å². The van der Waals surface area contributed by atoms with Crippen LogP contribution in [-0.2, 0) is 16.0 Å². The molecule has 1 aliphatic carbocycles. The number of Topliss-reactive ketones (excluding diaryl/α,β-unsaturated/α-hetero) is 1. The van der Waals surface area contributed by atoms with E-state index in [9.17, 15) is 4.79 Å². The first-order chi connectivity index (χ1) is 23.8. The molecular weight excluding hydrogens is 608 g/mol. The lowest BCUT2D eigenvalue weighted by Gasteiger charge is -2.39. The van der Waals surface area contributed by atoms with Crippen LogP contribution in [0.2, 0.25) is 0 Å². The number of benzene rings is 2. The molecule has 3 atom stereocenters. The van der Waals surface area contributed by atoms with Crippen LogP contribution in [0.15, 0.2) is 60.7 Å². The van der Waals surface area contributed by atoms with Crippen molar-refractivity contribution in [2.75, 3.05) is 26.3 Å². The average molecular weight is 661 g/mol. The molecule has 0 bridgehead atoms. The molecule has 3 fully saturated rings. The molecule has 3 unspecified atom stereocenters. The molecule has 3 aliphatic rings. The summed E-state index contributed by atoms with van der Waals surface area (Å²) < 4.78 is 12.3. The number of fused-ring (bicyclic) bond motifs is 1. The van der Waals surface area contributed by atoms with Gasteiger partial charge in [0.05, 0.1) is 16.9 Å². The summed E-state index contributed by atoms with van der Waals surface area (Å²) in [5.41, 5.74) is 6.14. The predicted octanol–water partition coefficient (Wildman–Crippen LogP) is 9.15. The summed E-state index contributed by atoms with van der Waals surface area (Å²) >= 11 is 0. The Labute approximate surface area is 291 Å². The summed E-state index contributed by atoms with van der Waals surface area (Å²) in [4.78, 5) is 21.0. The number of likely N-dealkylation sites (tertiary alicyclic amines) is 1. The van der Waals surface area contributed by atoms with Crippen molar-refractivity contribution in [2.24, 2.45) is 17.8 Å². The van der Waals surface area contributed by atoms with E-state index in [0.717, 1.165) is 116 Å². The quantitative estimate of drug-likeness (QED) is 0.174. The molecular formula is C42H52N4O3. The smallest absolute Gasteiger partial charge is 0.136 e. The summed E-state index contributed by atoms with van der Waals surface area (Å²) in [6.45, 7) is 12.6. The molecule has 2 aromatic heterocycles. The second kappa shape index (κ2) is 15.1. The lowest BCUT2D eigenvalue weighted by atomic mass is 9.83. The number of carbonyl (C=O) groups excluding carboxylic acids is 1. The molecule has 2 aliphatic heterocycles. The van der Waals surface area contributed by atoms with Crippen LogP contribution in [0.5, 0.6) is 11.5 Å². The van der Waals surface area contributed by atoms with Gasteiger partial charge in [0.1, 0.15) is 17.3 Å². The fraction of sp³-hybridized carbons (Fsp3) is 0.524. The molecule has 4 aromatic rings. The predicted molar refractivity (Wildman–Crippen MR) is 195 cm³/mol. The Bertz CT molecular complexity index is 1720. The van der Waals surface area contributed by atoms with Gasteiger partial charge in [-0.05, 0) is 130 Å². The highest BCUT2D eigenvalue weighted by molar-refractivity contribution is 5.83. The highest BCUT2D eigenvalue weighted by Gasteiger charge is 2.31. The van der Waals surface area contributed by atoms with Gasteiger partial charge < -0.3 is 14.4 Å². The molecule has 2 saturated heterocycles. The van der Waals surface area contributed by atoms with E-state index in [1.807, 2.05) is 30.3 Å². The van der Waals surface area contributed by atoms with Gasteiger partial charge >= 0.3 is 0 Å². The highest BCUT2D eigenvalue weighted by atomic mass is 16.5. The van der Waals surface area contributed by atoms with Gasteiger partial charge in [-0.15, -0.1) is 0 Å². The number of ketones is 1. The summed E-state index contributed by atoms with van der Waals surface area (Å²) in [6.07, 6.45) is 8.23. The van der Waals surface area contributed by atoms with Gasteiger partial charge in [-0.2, -0.15) is 10.2 Å². The number of rotatable bonds is 8. The van der Waals surface area contributed by atoms with Crippen molar-refractivity contribution >= 4 is 16.7 Å². The Morgan fingerprint density at radius 3 is 2.37 bits per heavy atom. The maximum absolute atomic E-state index is 13.1. The van der Waals surface area contributed by atoms with E-state index < -0.39 is 0 Å². The van der Waals surface area contributed by atoms with Crippen molar-refractivity contribution < 1.29 is 14.3 Å². The number of piperidine rings is 1. The van der Waals surface area contributed by atoms with Gasteiger partial charge in [0.2, 0.25) is 0 Å². The second-order valence-corrected chi connectivity index (χ2v) is 15.3. The van der Waals surface area contributed by atoms with Crippen molar-refractivity contribution in [3.8, 4) is 22.8 Å². The summed E-state index contributed by atoms with van der Waals surface area (Å²) in [5, 5.41) is 10.0. The monoisotopic (exact) mass is 660 g/mol. The third-order valence-corrected chi connectivity index (χ3v) is 11.5. The number of aromatic nitrogens is 3. The van der Waals surface area contributed by atoms with Crippen LogP contribution < -0.4 is 4.74 Å². The Kier molecular flexibility index (Phi) is 10.4. The highest BCUT2D eigenvalue weighted by Crippen LogP contribution is 2.38. The van der Waals surface area contributed by atoms with Gasteiger partial charge in [-0.3, -0.25) is 9.78 Å². The Hall–Kier alpha value is -3.68. The van der Waals surface area contributed by atoms with Gasteiger partial charge in [0, 0.05) is 60.2 Å². The molecule has 0 amide bonds. The zero-order chi connectivity index (χ0) is 33.9. The molecule has 49 heavy (non-hydrogen) atoms. The van der Waals surface area contributed by atoms with Crippen LogP contribution in [0.1, 0.15) is 101 Å². The van der Waals surface area contributed by atoms with Crippen LogP contribution in [0.25, 0.3) is 22.2 Å². The summed E-state index contributed by atoms with van der Waals surface area (Å²) in [5.74, 6) is 3.59. The summed E-state index contributed by atoms with van der Waals surface area (Å²) in [6, 6.07) is 21.8. The number of hydrogen-bond acceptors (Lipinski definition) is 7. The van der Waals surface area contributed by atoms with E-state index in [1.165, 1.54) is 5.69 Å². The van der Waals surface area contributed by atoms with Gasteiger partial charge in [-0.1, -0.05) is 33.8 Å². The van der Waals surface area contributed by atoms with E-state index in [-0.39, 0.29) is 5.92 Å². The molecule has 0 radical (unpaired) electrons. The zero-order valence-corrected chi connectivity index (χ0v) is 29.7. The van der Waals surface area contributed by atoms with Crippen molar-refractivity contribution in [3.63, 3.8) is 0 Å². The third-order valence-electron chi connectivity index (χ3n) is 11.5. The van der Waals surface area contributed by atoms with Gasteiger partial charge in [0.25, 0.3) is 0 Å². The van der Waals surface area contributed by atoms with E-state index in [4.69, 9.17) is 14.5 Å². The minimum Gasteiger partial charge on any atom is -0.457 e. The molecule has 2 aromatic carbocycles. The number of ether oxygens (including phenoxy) is 2. The molecule has 7 nitrogen and oxygen atoms in total. The Morgan fingerprint density at radius 2 is 1.65 bits per heavy atom. The van der Waals surface area contributed by atoms with E-state index >= 15 is 0 Å². The van der Waals surface area contributed by atoms with E-state index in [0.29, 0.717) is 41.9 Å². The normalized spacial score (nSPS) is 23.2. The van der Waals surface area contributed by atoms with Crippen molar-refractivity contribution in [1.29, 1.82) is 0 Å². The topological polar surface area (TPSA) is 77.4 Å². The first-order valence-electron chi connectivity index (χ1n) is 18.7. The zero-order valence-electron chi connectivity index (χ0n) is 29.7. The maximum Gasteiger partial charge on any atom is 0.136 e. The van der Waals surface area contributed by atoms with Gasteiger partial charge in [-0.25, -0.2) is 0 Å². The number of carbonyl (C=O) groups is 1. The molecule has 0 spiro atoms. The van der Waals surface area contributed by atoms with Crippen LogP contribution in [0.3, 0.4) is 0 Å². The standard InChI is InChI=1S/C42H52N4O3/c1-27(2)37-13-14-39(45-44-37)30-7-10-36(11-8-30)49-42-26-40-33(25-34(42)24-32-6-5-28(3)23-41(47)29(32)4)9-12-38(43-40)31-15-19-46(20-16-31)35-17-21-48-22-18-35/h7-14,25-29,31-32,35H,5-6,15-24H2,1-4H3. The molecule has 0 N–H and O–H groups in total. The minimum atomic E-state index is 0.0449. The summed E-state index contributed by atoms with van der Waals surface area (Å²) in [7, 11) is 0. The number of hydrogen-bond donors (Lipinski definition) is 0. The van der Waals surface area contributed by atoms with Crippen molar-refractivity contribution in [1.82, 2.24) is 20.1 Å². The molecule has 1 saturated carbocycles. The maximum atomic E-state index is 13.1. The first-order valence-corrected chi connectivity index (χ1v) is 18.7. The van der Waals surface area contributed by atoms with E-state index in [2.05, 4.69) is 73.1 Å². The first kappa shape index (κ1) is 33.8. The number of nitrogens with zero attached hydrogens (tertiary/aromatic N) is 4. The lowest BCUT2D eigenvalue weighted by molar-refractivity contribution is -0.123.